The second-order valence-corrected chi connectivity index (χ2v) is 5.25. The number of hydrogen-bond acceptors (Lipinski definition) is 3. The molecular weight excluding hydrogens is 218 g/mol. The second kappa shape index (κ2) is 3.09. The van der Waals surface area contributed by atoms with Crippen molar-refractivity contribution in [1.82, 2.24) is 4.98 Å². The number of carboxylic acids is 1. The Morgan fingerprint density at radius 3 is 2.82 bits per heavy atom. The van der Waals surface area contributed by atoms with Crippen LogP contribution < -0.4 is 0 Å². The quantitative estimate of drug-likeness (QED) is 0.862. The molecule has 88 valence electrons. The number of hydrogen-bond donors (Lipinski definition) is 1. The van der Waals surface area contributed by atoms with Crippen LogP contribution in [0.25, 0.3) is 11.1 Å². The third-order valence-electron chi connectivity index (χ3n) is 3.48. The molecule has 1 aromatic heterocycles. The summed E-state index contributed by atoms with van der Waals surface area (Å²) in [5.41, 5.74) is 1.45. The van der Waals surface area contributed by atoms with Gasteiger partial charge in [0.2, 0.25) is 0 Å². The van der Waals surface area contributed by atoms with Gasteiger partial charge in [0.15, 0.2) is 11.5 Å². The average Bonchev–Trinajstić information content (AvgIpc) is 2.73. The number of para-hydroxylation sites is 1. The van der Waals surface area contributed by atoms with Gasteiger partial charge in [-0.25, -0.2) is 9.78 Å². The maximum absolute atomic E-state index is 11.1. The fourth-order valence-electron chi connectivity index (χ4n) is 2.18. The summed E-state index contributed by atoms with van der Waals surface area (Å²) >= 11 is 0. The molecule has 4 heteroatoms. The predicted octanol–water partition coefficient (Wildman–Crippen LogP) is 3.04. The van der Waals surface area contributed by atoms with Crippen LogP contribution in [0.2, 0.25) is 0 Å². The van der Waals surface area contributed by atoms with Crippen molar-refractivity contribution in [1.29, 1.82) is 0 Å². The molecule has 1 N–H and O–H groups in total. The Morgan fingerprint density at radius 1 is 1.53 bits per heavy atom. The molecule has 1 unspecified atom stereocenters. The first kappa shape index (κ1) is 10.3. The molecule has 0 saturated heterocycles. The van der Waals surface area contributed by atoms with Crippen LogP contribution in [0.5, 0.6) is 0 Å². The molecule has 0 radical (unpaired) electrons. The van der Waals surface area contributed by atoms with Gasteiger partial charge in [0.25, 0.3) is 0 Å². The van der Waals surface area contributed by atoms with Gasteiger partial charge in [-0.3, -0.25) is 0 Å². The maximum atomic E-state index is 11.1. The largest absolute Gasteiger partial charge is 0.478 e. The summed E-state index contributed by atoms with van der Waals surface area (Å²) < 4.78 is 5.64. The Balaban J connectivity index is 2.13. The zero-order valence-corrected chi connectivity index (χ0v) is 9.73. The van der Waals surface area contributed by atoms with Crippen molar-refractivity contribution in [2.45, 2.75) is 26.2 Å². The minimum absolute atomic E-state index is 0.205. The van der Waals surface area contributed by atoms with Crippen molar-refractivity contribution in [3.05, 3.63) is 29.7 Å². The topological polar surface area (TPSA) is 63.3 Å². The normalized spacial score (nSPS) is 21.6. The van der Waals surface area contributed by atoms with E-state index in [0.717, 1.165) is 6.42 Å². The average molecular weight is 231 g/mol. The lowest BCUT2D eigenvalue weighted by Crippen LogP contribution is -1.97. The van der Waals surface area contributed by atoms with Gasteiger partial charge in [-0.2, -0.15) is 0 Å². The van der Waals surface area contributed by atoms with E-state index >= 15 is 0 Å². The summed E-state index contributed by atoms with van der Waals surface area (Å²) in [5, 5.41) is 9.07. The number of carboxylic acid groups (broad SMARTS) is 1. The third-order valence-corrected chi connectivity index (χ3v) is 3.48. The van der Waals surface area contributed by atoms with Gasteiger partial charge in [-0.05, 0) is 24.0 Å². The fraction of sp³-hybridized carbons (Fsp3) is 0.385. The van der Waals surface area contributed by atoms with Gasteiger partial charge in [0, 0.05) is 5.92 Å². The Hall–Kier alpha value is -1.84. The summed E-state index contributed by atoms with van der Waals surface area (Å²) in [5.74, 6) is 0.0146. The van der Waals surface area contributed by atoms with Gasteiger partial charge >= 0.3 is 5.97 Å². The number of carbonyl (C=O) groups is 1. The molecule has 1 aliphatic carbocycles. The van der Waals surface area contributed by atoms with Crippen LogP contribution in [0, 0.1) is 5.41 Å². The maximum Gasteiger partial charge on any atom is 0.338 e. The molecule has 0 amide bonds. The van der Waals surface area contributed by atoms with Crippen LogP contribution in [-0.2, 0) is 0 Å². The predicted molar refractivity (Wildman–Crippen MR) is 62.1 cm³/mol. The number of rotatable bonds is 2. The lowest BCUT2D eigenvalue weighted by Gasteiger charge is -1.96. The molecule has 1 fully saturated rings. The van der Waals surface area contributed by atoms with Crippen LogP contribution in [0.3, 0.4) is 0 Å². The van der Waals surface area contributed by atoms with E-state index in [0.29, 0.717) is 22.9 Å². The molecule has 0 aliphatic heterocycles. The van der Waals surface area contributed by atoms with Gasteiger partial charge in [-0.1, -0.05) is 19.9 Å². The molecule has 1 aromatic carbocycles. The number of fused-ring (bicyclic) bond motifs is 1. The lowest BCUT2D eigenvalue weighted by molar-refractivity contribution is 0.0699. The zero-order chi connectivity index (χ0) is 12.2. The van der Waals surface area contributed by atoms with Crippen LogP contribution in [0.1, 0.15) is 42.4 Å². The Kier molecular flexibility index (Phi) is 1.88. The lowest BCUT2D eigenvalue weighted by atomic mass is 10.1. The number of nitrogens with zero attached hydrogens (tertiary/aromatic N) is 1. The van der Waals surface area contributed by atoms with Gasteiger partial charge in [0.1, 0.15) is 5.52 Å². The number of aromatic nitrogens is 1. The number of oxazole rings is 1. The van der Waals surface area contributed by atoms with Gasteiger partial charge in [-0.15, -0.1) is 0 Å². The van der Waals surface area contributed by atoms with E-state index in [1.165, 1.54) is 0 Å². The summed E-state index contributed by atoms with van der Waals surface area (Å²) in [6.45, 7) is 4.31. The Bertz CT molecular complexity index is 612. The second-order valence-electron chi connectivity index (χ2n) is 5.25. The van der Waals surface area contributed by atoms with Gasteiger partial charge < -0.3 is 9.52 Å². The van der Waals surface area contributed by atoms with Crippen LogP contribution in [0.15, 0.2) is 22.6 Å². The van der Waals surface area contributed by atoms with Crippen molar-refractivity contribution in [2.24, 2.45) is 5.41 Å². The monoisotopic (exact) mass is 231 g/mol. The Morgan fingerprint density at radius 2 is 2.24 bits per heavy atom. The molecule has 0 bridgehead atoms. The summed E-state index contributed by atoms with van der Waals surface area (Å²) in [6.07, 6.45) is 1.04. The van der Waals surface area contributed by atoms with Crippen molar-refractivity contribution in [2.75, 3.05) is 0 Å². The highest BCUT2D eigenvalue weighted by atomic mass is 16.4. The van der Waals surface area contributed by atoms with Crippen LogP contribution >= 0.6 is 0 Å². The molecular formula is C13H13NO3. The highest BCUT2D eigenvalue weighted by Crippen LogP contribution is 2.58. The number of benzene rings is 1. The van der Waals surface area contributed by atoms with E-state index in [1.54, 1.807) is 18.2 Å². The SMILES string of the molecule is CC1(C)CC1c1nc2c(C(=O)O)cccc2o1. The number of aromatic carboxylic acids is 1. The molecule has 0 spiro atoms. The molecule has 1 aliphatic rings. The third kappa shape index (κ3) is 1.52. The Labute approximate surface area is 98.3 Å². The molecule has 3 rings (SSSR count). The highest BCUT2D eigenvalue weighted by molar-refractivity contribution is 6.00. The van der Waals surface area contributed by atoms with Crippen LogP contribution in [0.4, 0.5) is 0 Å². The van der Waals surface area contributed by atoms with E-state index in [4.69, 9.17) is 9.52 Å². The van der Waals surface area contributed by atoms with Crippen molar-refractivity contribution < 1.29 is 14.3 Å². The van der Waals surface area contributed by atoms with Crippen molar-refractivity contribution >= 4 is 17.1 Å². The van der Waals surface area contributed by atoms with Crippen LogP contribution in [-0.4, -0.2) is 16.1 Å². The molecule has 1 atom stereocenters. The van der Waals surface area contributed by atoms with E-state index in [2.05, 4.69) is 18.8 Å². The summed E-state index contributed by atoms with van der Waals surface area (Å²) in [7, 11) is 0. The molecule has 1 saturated carbocycles. The molecule has 2 aromatic rings. The van der Waals surface area contributed by atoms with Crippen molar-refractivity contribution in [3.8, 4) is 0 Å². The molecule has 1 heterocycles. The first-order valence-electron chi connectivity index (χ1n) is 5.62. The summed E-state index contributed by atoms with van der Waals surface area (Å²) in [6, 6.07) is 4.99. The first-order chi connectivity index (χ1) is 7.99. The fourth-order valence-corrected chi connectivity index (χ4v) is 2.18. The van der Waals surface area contributed by atoms with Crippen molar-refractivity contribution in [3.63, 3.8) is 0 Å². The standard InChI is InChI=1S/C13H13NO3/c1-13(2)6-8(13)11-14-10-7(12(15)16)4-3-5-9(10)17-11/h3-5,8H,6H2,1-2H3,(H,15,16). The molecule has 17 heavy (non-hydrogen) atoms. The smallest absolute Gasteiger partial charge is 0.338 e. The van der Waals surface area contributed by atoms with E-state index in [-0.39, 0.29) is 11.0 Å². The minimum Gasteiger partial charge on any atom is -0.478 e. The zero-order valence-electron chi connectivity index (χ0n) is 9.73. The summed E-state index contributed by atoms with van der Waals surface area (Å²) in [4.78, 5) is 15.4. The minimum atomic E-state index is -0.967. The van der Waals surface area contributed by atoms with E-state index < -0.39 is 5.97 Å². The van der Waals surface area contributed by atoms with Gasteiger partial charge in [0.05, 0.1) is 5.56 Å². The van der Waals surface area contributed by atoms with E-state index in [1.807, 2.05) is 0 Å². The highest BCUT2D eigenvalue weighted by Gasteiger charge is 2.49. The van der Waals surface area contributed by atoms with E-state index in [9.17, 15) is 4.79 Å². The first-order valence-corrected chi connectivity index (χ1v) is 5.62. The molecule has 4 nitrogen and oxygen atoms in total.